The molecule has 2 N–H and O–H groups in total. The molecule has 2 aromatic carbocycles. The van der Waals surface area contributed by atoms with Gasteiger partial charge in [0.25, 0.3) is 0 Å². The van der Waals surface area contributed by atoms with E-state index in [0.717, 1.165) is 24.4 Å². The van der Waals surface area contributed by atoms with E-state index in [1.54, 1.807) is 0 Å². The normalized spacial score (nSPS) is 10.4. The van der Waals surface area contributed by atoms with Crippen molar-refractivity contribution in [2.24, 2.45) is 5.73 Å². The Bertz CT molecular complexity index is 554. The van der Waals surface area contributed by atoms with E-state index < -0.39 is 0 Å². The quantitative estimate of drug-likeness (QED) is 0.844. The van der Waals surface area contributed by atoms with Crippen molar-refractivity contribution in [2.45, 2.75) is 26.9 Å². The highest BCUT2D eigenvalue weighted by Crippen LogP contribution is 2.23. The number of anilines is 1. The van der Waals surface area contributed by atoms with Crippen LogP contribution >= 0.6 is 0 Å². The molecule has 0 aliphatic carbocycles. The first-order chi connectivity index (χ1) is 10.3. The minimum atomic E-state index is 0.506. The molecule has 21 heavy (non-hydrogen) atoms. The Labute approximate surface area is 127 Å². The van der Waals surface area contributed by atoms with Crippen LogP contribution in [-0.2, 0) is 13.1 Å². The molecule has 0 fully saturated rings. The fourth-order valence-electron chi connectivity index (χ4n) is 2.40. The van der Waals surface area contributed by atoms with Crippen LogP contribution in [-0.4, -0.2) is 13.2 Å². The van der Waals surface area contributed by atoms with Gasteiger partial charge in [-0.15, -0.1) is 0 Å². The third-order valence-electron chi connectivity index (χ3n) is 3.53. The molecule has 112 valence electrons. The van der Waals surface area contributed by atoms with Crippen molar-refractivity contribution in [3.05, 3.63) is 59.7 Å². The van der Waals surface area contributed by atoms with Crippen LogP contribution in [0.3, 0.4) is 0 Å². The fraction of sp³-hybridized carbons (Fsp3) is 0.333. The number of nitrogens with two attached hydrogens (primary N) is 1. The first-order valence-corrected chi connectivity index (χ1v) is 7.53. The van der Waals surface area contributed by atoms with Gasteiger partial charge in [0.1, 0.15) is 5.75 Å². The topological polar surface area (TPSA) is 38.5 Å². The molecule has 0 radical (unpaired) electrons. The van der Waals surface area contributed by atoms with Crippen LogP contribution < -0.4 is 15.4 Å². The zero-order valence-electron chi connectivity index (χ0n) is 12.9. The highest BCUT2D eigenvalue weighted by Gasteiger charge is 2.08. The third kappa shape index (κ3) is 3.99. The minimum absolute atomic E-state index is 0.506. The smallest absolute Gasteiger partial charge is 0.124 e. The second-order valence-electron chi connectivity index (χ2n) is 4.93. The third-order valence-corrected chi connectivity index (χ3v) is 3.53. The maximum atomic E-state index is 5.76. The molecule has 3 heteroatoms. The first-order valence-electron chi connectivity index (χ1n) is 7.53. The molecule has 0 aromatic heterocycles. The van der Waals surface area contributed by atoms with E-state index in [1.807, 2.05) is 13.0 Å². The second kappa shape index (κ2) is 7.70. The molecule has 0 unspecified atom stereocenters. The van der Waals surface area contributed by atoms with Crippen LogP contribution in [0.1, 0.15) is 25.0 Å². The molecule has 0 atom stereocenters. The van der Waals surface area contributed by atoms with Crippen LogP contribution in [0, 0.1) is 0 Å². The van der Waals surface area contributed by atoms with Gasteiger partial charge >= 0.3 is 0 Å². The predicted molar refractivity (Wildman–Crippen MR) is 88.7 cm³/mol. The van der Waals surface area contributed by atoms with Crippen molar-refractivity contribution in [3.63, 3.8) is 0 Å². The van der Waals surface area contributed by atoms with Crippen LogP contribution in [0.5, 0.6) is 5.75 Å². The lowest BCUT2D eigenvalue weighted by Gasteiger charge is -2.23. The van der Waals surface area contributed by atoms with Gasteiger partial charge in [-0.25, -0.2) is 0 Å². The standard InChI is InChI=1S/C18H24N2O/c1-3-20(17-8-6-5-7-9-17)14-15-10-11-16(13-19)18(12-15)21-4-2/h5-12H,3-4,13-14,19H2,1-2H3. The average Bonchev–Trinajstić information content (AvgIpc) is 2.54. The Morgan fingerprint density at radius 1 is 1.05 bits per heavy atom. The Hall–Kier alpha value is -2.00. The molecular formula is C18H24N2O. The molecule has 0 aliphatic rings. The van der Waals surface area contributed by atoms with Crippen molar-refractivity contribution in [2.75, 3.05) is 18.1 Å². The second-order valence-corrected chi connectivity index (χ2v) is 4.93. The van der Waals surface area contributed by atoms with E-state index in [4.69, 9.17) is 10.5 Å². The Morgan fingerprint density at radius 2 is 1.81 bits per heavy atom. The Balaban J connectivity index is 2.19. The lowest BCUT2D eigenvalue weighted by molar-refractivity contribution is 0.336. The van der Waals surface area contributed by atoms with Gasteiger partial charge in [0.05, 0.1) is 6.61 Å². The summed E-state index contributed by atoms with van der Waals surface area (Å²) in [7, 11) is 0. The van der Waals surface area contributed by atoms with Crippen LogP contribution in [0.15, 0.2) is 48.5 Å². The molecule has 0 amide bonds. The number of hydrogen-bond acceptors (Lipinski definition) is 3. The van der Waals surface area contributed by atoms with Gasteiger partial charge in [-0.2, -0.15) is 0 Å². The van der Waals surface area contributed by atoms with Crippen molar-refractivity contribution in [1.82, 2.24) is 0 Å². The zero-order valence-corrected chi connectivity index (χ0v) is 12.9. The molecule has 0 heterocycles. The van der Waals surface area contributed by atoms with Crippen LogP contribution in [0.25, 0.3) is 0 Å². The van der Waals surface area contributed by atoms with Gasteiger partial charge in [-0.1, -0.05) is 30.3 Å². The van der Waals surface area contributed by atoms with Crippen LogP contribution in [0.4, 0.5) is 5.69 Å². The van der Waals surface area contributed by atoms with E-state index in [1.165, 1.54) is 11.3 Å². The van der Waals surface area contributed by atoms with Crippen molar-refractivity contribution in [1.29, 1.82) is 0 Å². The number of para-hydroxylation sites is 1. The average molecular weight is 284 g/mol. The molecule has 0 spiro atoms. The maximum absolute atomic E-state index is 5.76. The number of ether oxygens (including phenoxy) is 1. The minimum Gasteiger partial charge on any atom is -0.494 e. The molecule has 0 saturated heterocycles. The van der Waals surface area contributed by atoms with Crippen molar-refractivity contribution >= 4 is 5.69 Å². The SMILES string of the molecule is CCOc1cc(CN(CC)c2ccccc2)ccc1CN. The van der Waals surface area contributed by atoms with Gasteiger partial charge in [-0.05, 0) is 37.6 Å². The molecule has 0 bridgehead atoms. The Morgan fingerprint density at radius 3 is 2.43 bits per heavy atom. The summed E-state index contributed by atoms with van der Waals surface area (Å²) in [5.41, 5.74) is 9.29. The summed E-state index contributed by atoms with van der Waals surface area (Å²) in [5, 5.41) is 0. The number of rotatable bonds is 7. The molecule has 0 aliphatic heterocycles. The summed E-state index contributed by atoms with van der Waals surface area (Å²) in [6, 6.07) is 16.8. The molecule has 3 nitrogen and oxygen atoms in total. The van der Waals surface area contributed by atoms with Gasteiger partial charge in [0.15, 0.2) is 0 Å². The van der Waals surface area contributed by atoms with E-state index in [9.17, 15) is 0 Å². The van der Waals surface area contributed by atoms with Gasteiger partial charge < -0.3 is 15.4 Å². The summed E-state index contributed by atoms with van der Waals surface area (Å²) in [6.45, 7) is 7.16. The lowest BCUT2D eigenvalue weighted by atomic mass is 10.1. The lowest BCUT2D eigenvalue weighted by Crippen LogP contribution is -2.22. The highest BCUT2D eigenvalue weighted by atomic mass is 16.5. The number of benzene rings is 2. The summed E-state index contributed by atoms with van der Waals surface area (Å²) in [4.78, 5) is 2.34. The van der Waals surface area contributed by atoms with E-state index >= 15 is 0 Å². The fourth-order valence-corrected chi connectivity index (χ4v) is 2.40. The molecule has 0 saturated carbocycles. The highest BCUT2D eigenvalue weighted by molar-refractivity contribution is 5.47. The summed E-state index contributed by atoms with van der Waals surface area (Å²) in [6.07, 6.45) is 0. The predicted octanol–water partition coefficient (Wildman–Crippen LogP) is 3.57. The van der Waals surface area contributed by atoms with Gasteiger partial charge in [-0.3, -0.25) is 0 Å². The first kappa shape index (κ1) is 15.4. The van der Waals surface area contributed by atoms with Crippen LogP contribution in [0.2, 0.25) is 0 Å². The Kier molecular flexibility index (Phi) is 5.64. The van der Waals surface area contributed by atoms with Gasteiger partial charge in [0, 0.05) is 30.9 Å². The number of hydrogen-bond donors (Lipinski definition) is 1. The summed E-state index contributed by atoms with van der Waals surface area (Å²) in [5.74, 6) is 0.904. The number of nitrogens with zero attached hydrogens (tertiary/aromatic N) is 1. The van der Waals surface area contributed by atoms with Crippen molar-refractivity contribution in [3.8, 4) is 5.75 Å². The maximum Gasteiger partial charge on any atom is 0.124 e. The van der Waals surface area contributed by atoms with E-state index in [-0.39, 0.29) is 0 Å². The molecule has 2 rings (SSSR count). The van der Waals surface area contributed by atoms with E-state index in [2.05, 4.69) is 54.3 Å². The summed E-state index contributed by atoms with van der Waals surface area (Å²) >= 11 is 0. The van der Waals surface area contributed by atoms with E-state index in [0.29, 0.717) is 13.2 Å². The largest absolute Gasteiger partial charge is 0.494 e. The summed E-state index contributed by atoms with van der Waals surface area (Å²) < 4.78 is 5.69. The molecular weight excluding hydrogens is 260 g/mol. The van der Waals surface area contributed by atoms with Gasteiger partial charge in [0.2, 0.25) is 0 Å². The van der Waals surface area contributed by atoms with Crippen molar-refractivity contribution < 1.29 is 4.74 Å². The molecule has 2 aromatic rings. The zero-order chi connectivity index (χ0) is 15.1. The monoisotopic (exact) mass is 284 g/mol.